The molecule has 0 atom stereocenters. The number of thioether (sulfide) groups is 1. The van der Waals surface area contributed by atoms with Crippen LogP contribution >= 0.6 is 11.8 Å². The molecule has 2 aromatic carbocycles. The number of nitrogens with zero attached hydrogens (tertiary/aromatic N) is 3. The van der Waals surface area contributed by atoms with Gasteiger partial charge in [-0.25, -0.2) is 4.39 Å². The molecular weight excluding hydrogens is 341 g/mol. The van der Waals surface area contributed by atoms with E-state index in [9.17, 15) is 9.18 Å². The Hall–Kier alpha value is -2.67. The molecule has 0 aliphatic rings. The molecule has 0 bridgehead atoms. The van der Waals surface area contributed by atoms with Crippen LogP contribution in [0.2, 0.25) is 0 Å². The zero-order chi connectivity index (χ0) is 17.6. The highest BCUT2D eigenvalue weighted by Crippen LogP contribution is 2.24. The standard InChI is InChI=1S/C18H16FN3O2S/c1-22-17(14-9-5-6-10-15(14)19)20-21-18(22)25-12-16(23)24-11-13-7-3-2-4-8-13/h2-10H,11-12H2,1H3. The number of esters is 1. The zero-order valence-corrected chi connectivity index (χ0v) is 14.4. The van der Waals surface area contributed by atoms with Crippen LogP contribution in [0.25, 0.3) is 11.4 Å². The van der Waals surface area contributed by atoms with Gasteiger partial charge in [0.15, 0.2) is 11.0 Å². The summed E-state index contributed by atoms with van der Waals surface area (Å²) in [5.74, 6) is -0.185. The number of ether oxygens (including phenoxy) is 1. The monoisotopic (exact) mass is 357 g/mol. The van der Waals surface area contributed by atoms with Crippen molar-refractivity contribution in [3.05, 3.63) is 66.0 Å². The van der Waals surface area contributed by atoms with Crippen LogP contribution in [0, 0.1) is 5.82 Å². The Morgan fingerprint density at radius 3 is 2.60 bits per heavy atom. The highest BCUT2D eigenvalue weighted by Gasteiger charge is 2.15. The molecule has 3 rings (SSSR count). The summed E-state index contributed by atoms with van der Waals surface area (Å²) in [6.07, 6.45) is 0. The van der Waals surface area contributed by atoms with Gasteiger partial charge >= 0.3 is 5.97 Å². The normalized spacial score (nSPS) is 10.6. The molecule has 7 heteroatoms. The van der Waals surface area contributed by atoms with Crippen LogP contribution in [0.15, 0.2) is 59.8 Å². The predicted molar refractivity (Wildman–Crippen MR) is 93.4 cm³/mol. The molecule has 1 aromatic heterocycles. The molecule has 0 fully saturated rings. The Morgan fingerprint density at radius 2 is 1.84 bits per heavy atom. The molecule has 3 aromatic rings. The molecule has 1 heterocycles. The van der Waals surface area contributed by atoms with Crippen LogP contribution < -0.4 is 0 Å². The summed E-state index contributed by atoms with van der Waals surface area (Å²) in [6.45, 7) is 0.236. The zero-order valence-electron chi connectivity index (χ0n) is 13.6. The fourth-order valence-corrected chi connectivity index (χ4v) is 2.93. The number of benzene rings is 2. The van der Waals surface area contributed by atoms with Gasteiger partial charge in [0.25, 0.3) is 0 Å². The summed E-state index contributed by atoms with van der Waals surface area (Å²) < 4.78 is 20.8. The Kier molecular flexibility index (Phi) is 5.45. The third kappa shape index (κ3) is 4.24. The Labute approximate surface area is 148 Å². The molecule has 0 spiro atoms. The number of carbonyl (C=O) groups is 1. The maximum atomic E-state index is 13.9. The first-order chi connectivity index (χ1) is 12.1. The lowest BCUT2D eigenvalue weighted by molar-refractivity contribution is -0.141. The Bertz CT molecular complexity index is 868. The number of rotatable bonds is 6. The molecule has 0 N–H and O–H groups in total. The molecule has 5 nitrogen and oxygen atoms in total. The van der Waals surface area contributed by atoms with Crippen molar-refractivity contribution in [2.45, 2.75) is 11.8 Å². The van der Waals surface area contributed by atoms with Crippen molar-refractivity contribution >= 4 is 17.7 Å². The lowest BCUT2D eigenvalue weighted by atomic mass is 10.2. The van der Waals surface area contributed by atoms with E-state index in [1.807, 2.05) is 30.3 Å². The minimum Gasteiger partial charge on any atom is -0.460 e. The maximum Gasteiger partial charge on any atom is 0.316 e. The van der Waals surface area contributed by atoms with Crippen molar-refractivity contribution in [1.82, 2.24) is 14.8 Å². The van der Waals surface area contributed by atoms with Gasteiger partial charge in [-0.3, -0.25) is 4.79 Å². The number of carbonyl (C=O) groups excluding carboxylic acids is 1. The fourth-order valence-electron chi connectivity index (χ4n) is 2.22. The summed E-state index contributed by atoms with van der Waals surface area (Å²) in [4.78, 5) is 11.9. The van der Waals surface area contributed by atoms with Crippen LogP contribution in [0.3, 0.4) is 0 Å². The van der Waals surface area contributed by atoms with Gasteiger partial charge in [0.1, 0.15) is 12.4 Å². The number of hydrogen-bond acceptors (Lipinski definition) is 5. The van der Waals surface area contributed by atoms with Gasteiger partial charge in [0, 0.05) is 7.05 Å². The van der Waals surface area contributed by atoms with Crippen LogP contribution in [0.1, 0.15) is 5.56 Å². The van der Waals surface area contributed by atoms with E-state index in [-0.39, 0.29) is 24.1 Å². The van der Waals surface area contributed by atoms with Crippen molar-refractivity contribution in [3.63, 3.8) is 0 Å². The second kappa shape index (κ2) is 7.94. The largest absolute Gasteiger partial charge is 0.460 e. The van der Waals surface area contributed by atoms with Gasteiger partial charge in [-0.1, -0.05) is 54.2 Å². The predicted octanol–water partition coefficient (Wildman–Crippen LogP) is 3.46. The van der Waals surface area contributed by atoms with Gasteiger partial charge in [-0.2, -0.15) is 0 Å². The molecule has 0 aliphatic carbocycles. The van der Waals surface area contributed by atoms with Crippen molar-refractivity contribution in [2.75, 3.05) is 5.75 Å². The van der Waals surface area contributed by atoms with E-state index in [1.54, 1.807) is 29.8 Å². The number of halogens is 1. The van der Waals surface area contributed by atoms with E-state index in [4.69, 9.17) is 4.74 Å². The molecule has 0 radical (unpaired) electrons. The second-order valence-electron chi connectivity index (χ2n) is 5.28. The van der Waals surface area contributed by atoms with Crippen LogP contribution in [0.5, 0.6) is 0 Å². The highest BCUT2D eigenvalue weighted by molar-refractivity contribution is 7.99. The molecule has 0 saturated heterocycles. The van der Waals surface area contributed by atoms with Crippen LogP contribution in [-0.2, 0) is 23.2 Å². The minimum absolute atomic E-state index is 0.107. The lowest BCUT2D eigenvalue weighted by Crippen LogP contribution is -2.08. The molecule has 0 unspecified atom stereocenters. The minimum atomic E-state index is -0.364. The van der Waals surface area contributed by atoms with Gasteiger partial charge < -0.3 is 9.30 Å². The summed E-state index contributed by atoms with van der Waals surface area (Å²) >= 11 is 1.20. The fraction of sp³-hybridized carbons (Fsp3) is 0.167. The van der Waals surface area contributed by atoms with Crippen molar-refractivity contribution in [3.8, 4) is 11.4 Å². The van der Waals surface area contributed by atoms with Gasteiger partial charge in [0.2, 0.25) is 0 Å². The van der Waals surface area contributed by atoms with Crippen molar-refractivity contribution in [1.29, 1.82) is 0 Å². The third-order valence-corrected chi connectivity index (χ3v) is 4.51. The Balaban J connectivity index is 1.59. The van der Waals surface area contributed by atoms with E-state index < -0.39 is 0 Å². The molecule has 0 saturated carbocycles. The van der Waals surface area contributed by atoms with Gasteiger partial charge in [0.05, 0.1) is 11.3 Å². The van der Waals surface area contributed by atoms with E-state index in [2.05, 4.69) is 10.2 Å². The molecule has 0 aliphatic heterocycles. The van der Waals surface area contributed by atoms with E-state index in [0.29, 0.717) is 16.5 Å². The number of hydrogen-bond donors (Lipinski definition) is 0. The maximum absolute atomic E-state index is 13.9. The molecule has 0 amide bonds. The van der Waals surface area contributed by atoms with Crippen molar-refractivity contribution in [2.24, 2.45) is 7.05 Å². The SMILES string of the molecule is Cn1c(SCC(=O)OCc2ccccc2)nnc1-c1ccccc1F. The van der Waals surface area contributed by atoms with Crippen molar-refractivity contribution < 1.29 is 13.9 Å². The Morgan fingerprint density at radius 1 is 1.12 bits per heavy atom. The van der Waals surface area contributed by atoms with Crippen LogP contribution in [-0.4, -0.2) is 26.5 Å². The average molecular weight is 357 g/mol. The molecule has 128 valence electrons. The third-order valence-electron chi connectivity index (χ3n) is 3.51. The second-order valence-corrected chi connectivity index (χ2v) is 6.22. The number of aromatic nitrogens is 3. The van der Waals surface area contributed by atoms with E-state index in [0.717, 1.165) is 5.56 Å². The first-order valence-corrected chi connectivity index (χ1v) is 8.60. The average Bonchev–Trinajstić information content (AvgIpc) is 3.00. The van der Waals surface area contributed by atoms with Gasteiger partial charge in [-0.05, 0) is 17.7 Å². The first kappa shape index (κ1) is 17.2. The van der Waals surface area contributed by atoms with Crippen LogP contribution in [0.4, 0.5) is 4.39 Å². The summed E-state index contributed by atoms with van der Waals surface area (Å²) in [5, 5.41) is 8.57. The smallest absolute Gasteiger partial charge is 0.316 e. The summed E-state index contributed by atoms with van der Waals surface area (Å²) in [7, 11) is 1.74. The molecular formula is C18H16FN3O2S. The lowest BCUT2D eigenvalue weighted by Gasteiger charge is -2.06. The summed E-state index contributed by atoms with van der Waals surface area (Å²) in [5.41, 5.74) is 1.30. The van der Waals surface area contributed by atoms with E-state index >= 15 is 0 Å². The summed E-state index contributed by atoms with van der Waals surface area (Å²) in [6, 6.07) is 15.8. The van der Waals surface area contributed by atoms with E-state index in [1.165, 1.54) is 17.8 Å². The molecule has 25 heavy (non-hydrogen) atoms. The highest BCUT2D eigenvalue weighted by atomic mass is 32.2. The first-order valence-electron chi connectivity index (χ1n) is 7.62. The quantitative estimate of drug-likeness (QED) is 0.499. The topological polar surface area (TPSA) is 57.0 Å². The van der Waals surface area contributed by atoms with Gasteiger partial charge in [-0.15, -0.1) is 10.2 Å².